The van der Waals surface area contributed by atoms with Crippen LogP contribution in [0.2, 0.25) is 0 Å². The number of amides is 3. The molecule has 2 aromatic carbocycles. The number of phenolic OH excluding ortho intramolecular Hbond substituents is 1. The van der Waals surface area contributed by atoms with E-state index in [1.54, 1.807) is 24.3 Å². The van der Waals surface area contributed by atoms with Crippen LogP contribution in [0.5, 0.6) is 5.75 Å². The van der Waals surface area contributed by atoms with Crippen molar-refractivity contribution >= 4 is 23.4 Å². The Hall–Kier alpha value is -3.19. The number of anilines is 1. The van der Waals surface area contributed by atoms with Crippen LogP contribution in [0.3, 0.4) is 0 Å². The number of rotatable bonds is 2. The first-order valence-corrected chi connectivity index (χ1v) is 10.5. The van der Waals surface area contributed by atoms with Crippen molar-refractivity contribution in [1.29, 1.82) is 0 Å². The molecule has 0 unspecified atom stereocenters. The van der Waals surface area contributed by atoms with Crippen molar-refractivity contribution in [3.63, 3.8) is 0 Å². The Morgan fingerprint density at radius 1 is 1.00 bits per heavy atom. The van der Waals surface area contributed by atoms with Gasteiger partial charge in [0.15, 0.2) is 0 Å². The maximum absolute atomic E-state index is 13.7. The van der Waals surface area contributed by atoms with Crippen LogP contribution in [0, 0.1) is 11.8 Å². The van der Waals surface area contributed by atoms with Crippen molar-refractivity contribution in [2.75, 3.05) is 5.32 Å². The molecule has 4 atom stereocenters. The van der Waals surface area contributed by atoms with E-state index in [9.17, 15) is 19.5 Å². The molecule has 2 aromatic rings. The molecule has 3 aliphatic rings. The zero-order chi connectivity index (χ0) is 22.1. The first kappa shape index (κ1) is 19.8. The van der Waals surface area contributed by atoms with Gasteiger partial charge in [0.25, 0.3) is 0 Å². The van der Waals surface area contributed by atoms with Gasteiger partial charge in [0.1, 0.15) is 11.3 Å². The van der Waals surface area contributed by atoms with Crippen molar-refractivity contribution in [3.8, 4) is 5.75 Å². The second-order valence-electron chi connectivity index (χ2n) is 9.62. The summed E-state index contributed by atoms with van der Waals surface area (Å²) in [5.74, 6) is -2.16. The van der Waals surface area contributed by atoms with Gasteiger partial charge in [-0.05, 0) is 51.0 Å². The van der Waals surface area contributed by atoms with Gasteiger partial charge in [-0.25, -0.2) is 0 Å². The molecule has 7 nitrogen and oxygen atoms in total. The standard InChI is InChI=1S/C24H25N3O4/c1-23(2,3)27-20(29)18-17(12-13-8-10-14(28)11-9-13)26-24(19(18)21(27)30)15-6-4-5-7-16(15)25-22(24)31/h4-11,17-19,26,28H,12H2,1-3H3,(H,25,31)/t17-,18-,19+,24-/m1/s1. The molecule has 3 N–H and O–H groups in total. The van der Waals surface area contributed by atoms with Crippen LogP contribution in [0.15, 0.2) is 48.5 Å². The molecule has 2 fully saturated rings. The van der Waals surface area contributed by atoms with Gasteiger partial charge in [-0.3, -0.25) is 24.6 Å². The van der Waals surface area contributed by atoms with Gasteiger partial charge in [-0.15, -0.1) is 0 Å². The fourth-order valence-corrected chi connectivity index (χ4v) is 5.48. The fraction of sp³-hybridized carbons (Fsp3) is 0.375. The third kappa shape index (κ3) is 2.66. The summed E-state index contributed by atoms with van der Waals surface area (Å²) in [5.41, 5.74) is 0.318. The molecule has 2 saturated heterocycles. The zero-order valence-electron chi connectivity index (χ0n) is 17.7. The molecule has 0 radical (unpaired) electrons. The molecule has 0 saturated carbocycles. The van der Waals surface area contributed by atoms with Gasteiger partial charge in [0.2, 0.25) is 17.7 Å². The van der Waals surface area contributed by atoms with E-state index in [2.05, 4.69) is 10.6 Å². The minimum Gasteiger partial charge on any atom is -0.508 e. The number of para-hydroxylation sites is 1. The summed E-state index contributed by atoms with van der Waals surface area (Å²) in [6.07, 6.45) is 0.454. The highest BCUT2D eigenvalue weighted by atomic mass is 16.3. The molecule has 7 heteroatoms. The van der Waals surface area contributed by atoms with E-state index in [1.165, 1.54) is 4.90 Å². The fourth-order valence-electron chi connectivity index (χ4n) is 5.48. The Morgan fingerprint density at radius 3 is 2.35 bits per heavy atom. The number of nitrogens with one attached hydrogen (secondary N) is 2. The average Bonchev–Trinajstić information content (AvgIpc) is 3.28. The van der Waals surface area contributed by atoms with E-state index in [-0.39, 0.29) is 23.5 Å². The van der Waals surface area contributed by atoms with Gasteiger partial charge >= 0.3 is 0 Å². The number of aromatic hydroxyl groups is 1. The lowest BCUT2D eigenvalue weighted by Gasteiger charge is -2.34. The maximum atomic E-state index is 13.7. The third-order valence-corrected chi connectivity index (χ3v) is 6.69. The Kier molecular flexibility index (Phi) is 4.08. The quantitative estimate of drug-likeness (QED) is 0.648. The van der Waals surface area contributed by atoms with E-state index in [1.807, 2.05) is 45.0 Å². The van der Waals surface area contributed by atoms with E-state index >= 15 is 0 Å². The van der Waals surface area contributed by atoms with Gasteiger partial charge in [0.05, 0.1) is 11.8 Å². The smallest absolute Gasteiger partial charge is 0.250 e. The molecule has 0 aromatic heterocycles. The lowest BCUT2D eigenvalue weighted by atomic mass is 9.76. The second-order valence-corrected chi connectivity index (χ2v) is 9.62. The Morgan fingerprint density at radius 2 is 1.68 bits per heavy atom. The van der Waals surface area contributed by atoms with Crippen LogP contribution >= 0.6 is 0 Å². The number of likely N-dealkylation sites (tertiary alicyclic amines) is 1. The number of carbonyl (C=O) groups is 3. The normalized spacial score (nSPS) is 29.5. The molecule has 160 valence electrons. The van der Waals surface area contributed by atoms with Crippen LogP contribution in [0.25, 0.3) is 0 Å². The average molecular weight is 419 g/mol. The predicted octanol–water partition coefficient (Wildman–Crippen LogP) is 2.15. The monoisotopic (exact) mass is 419 g/mol. The first-order valence-electron chi connectivity index (χ1n) is 10.5. The number of carbonyl (C=O) groups excluding carboxylic acids is 3. The van der Waals surface area contributed by atoms with Crippen molar-refractivity contribution < 1.29 is 19.5 Å². The summed E-state index contributed by atoms with van der Waals surface area (Å²) in [6.45, 7) is 5.50. The summed E-state index contributed by atoms with van der Waals surface area (Å²) < 4.78 is 0. The largest absolute Gasteiger partial charge is 0.508 e. The highest BCUT2D eigenvalue weighted by molar-refractivity contribution is 6.15. The number of hydrogen-bond donors (Lipinski definition) is 3. The van der Waals surface area contributed by atoms with Crippen molar-refractivity contribution in [2.24, 2.45) is 11.8 Å². The lowest BCUT2D eigenvalue weighted by Crippen LogP contribution is -2.56. The maximum Gasteiger partial charge on any atom is 0.250 e. The summed E-state index contributed by atoms with van der Waals surface area (Å²) in [6, 6.07) is 13.7. The molecule has 0 aliphatic carbocycles. The number of imide groups is 1. The van der Waals surface area contributed by atoms with Crippen LogP contribution in [0.4, 0.5) is 5.69 Å². The van der Waals surface area contributed by atoms with Crippen LogP contribution in [-0.2, 0) is 26.3 Å². The van der Waals surface area contributed by atoms with Crippen molar-refractivity contribution in [1.82, 2.24) is 10.2 Å². The lowest BCUT2D eigenvalue weighted by molar-refractivity contribution is -0.147. The molecule has 0 bridgehead atoms. The van der Waals surface area contributed by atoms with Gasteiger partial charge in [-0.1, -0.05) is 30.3 Å². The molecular formula is C24H25N3O4. The molecule has 3 amide bonds. The Labute approximate surface area is 180 Å². The van der Waals surface area contributed by atoms with E-state index in [4.69, 9.17) is 0 Å². The molecular weight excluding hydrogens is 394 g/mol. The minimum atomic E-state index is -1.28. The highest BCUT2D eigenvalue weighted by Gasteiger charge is 2.71. The predicted molar refractivity (Wildman–Crippen MR) is 114 cm³/mol. The van der Waals surface area contributed by atoms with E-state index in [0.717, 1.165) is 5.56 Å². The van der Waals surface area contributed by atoms with Crippen LogP contribution in [-0.4, -0.2) is 39.3 Å². The number of benzene rings is 2. The van der Waals surface area contributed by atoms with Gasteiger partial charge in [0, 0.05) is 22.8 Å². The molecule has 5 rings (SSSR count). The first-order chi connectivity index (χ1) is 14.6. The molecule has 1 spiro atoms. The molecule has 3 heterocycles. The van der Waals surface area contributed by atoms with Crippen LogP contribution in [0.1, 0.15) is 31.9 Å². The minimum absolute atomic E-state index is 0.160. The number of phenols is 1. The van der Waals surface area contributed by atoms with Crippen molar-refractivity contribution in [3.05, 3.63) is 59.7 Å². The third-order valence-electron chi connectivity index (χ3n) is 6.69. The number of fused-ring (bicyclic) bond motifs is 4. The molecule has 3 aliphatic heterocycles. The van der Waals surface area contributed by atoms with Crippen LogP contribution < -0.4 is 10.6 Å². The van der Waals surface area contributed by atoms with Gasteiger partial charge in [-0.2, -0.15) is 0 Å². The molecule has 31 heavy (non-hydrogen) atoms. The Bertz CT molecular complexity index is 1100. The summed E-state index contributed by atoms with van der Waals surface area (Å²) in [4.78, 5) is 41.9. The second kappa shape index (κ2) is 6.40. The number of hydrogen-bond acceptors (Lipinski definition) is 5. The van der Waals surface area contributed by atoms with Crippen molar-refractivity contribution in [2.45, 2.75) is 44.3 Å². The number of nitrogens with zero attached hydrogens (tertiary/aromatic N) is 1. The van der Waals surface area contributed by atoms with E-state index in [0.29, 0.717) is 17.7 Å². The highest BCUT2D eigenvalue weighted by Crippen LogP contribution is 2.54. The summed E-state index contributed by atoms with van der Waals surface area (Å²) in [7, 11) is 0. The van der Waals surface area contributed by atoms with E-state index < -0.39 is 29.0 Å². The Balaban J connectivity index is 1.64. The SMILES string of the molecule is CC(C)(C)N1C(=O)[C@H]2[C@@H](C1=O)[C@@]1(N[C@@H]2Cc2ccc(O)cc2)C(=O)Nc2ccccc21. The van der Waals surface area contributed by atoms with Gasteiger partial charge < -0.3 is 10.4 Å². The summed E-state index contributed by atoms with van der Waals surface area (Å²) in [5, 5.41) is 15.9. The topological polar surface area (TPSA) is 98.7 Å². The zero-order valence-corrected chi connectivity index (χ0v) is 17.7. The summed E-state index contributed by atoms with van der Waals surface area (Å²) >= 11 is 0.